The number of hydrogen-bond acceptors (Lipinski definition) is 4. The fourth-order valence-corrected chi connectivity index (χ4v) is 5.50. The number of carbonyl (C=O) groups is 3. The number of amides is 4. The van der Waals surface area contributed by atoms with E-state index in [-0.39, 0.29) is 36.2 Å². The number of nitrogens with one attached hydrogen (secondary N) is 2. The Bertz CT molecular complexity index is 847. The van der Waals surface area contributed by atoms with Gasteiger partial charge in [0, 0.05) is 42.6 Å². The third kappa shape index (κ3) is 4.65. The highest BCUT2D eigenvalue weighted by atomic mass is 79.9. The molecule has 7 nitrogen and oxygen atoms in total. The maximum Gasteiger partial charge on any atom is 0.325 e. The summed E-state index contributed by atoms with van der Waals surface area (Å²) in [6, 6.07) is 7.93. The van der Waals surface area contributed by atoms with Crippen molar-refractivity contribution in [3.05, 3.63) is 34.3 Å². The molecule has 0 bridgehead atoms. The maximum atomic E-state index is 12.7. The summed E-state index contributed by atoms with van der Waals surface area (Å²) in [7, 11) is 0. The van der Waals surface area contributed by atoms with Gasteiger partial charge in [0.15, 0.2) is 0 Å². The van der Waals surface area contributed by atoms with Crippen molar-refractivity contribution in [3.63, 3.8) is 0 Å². The van der Waals surface area contributed by atoms with Crippen LogP contribution < -0.4 is 10.6 Å². The van der Waals surface area contributed by atoms with Gasteiger partial charge in [-0.25, -0.2) is 4.79 Å². The van der Waals surface area contributed by atoms with Crippen LogP contribution in [0.1, 0.15) is 56.9 Å². The van der Waals surface area contributed by atoms with Gasteiger partial charge in [0.25, 0.3) is 5.91 Å². The van der Waals surface area contributed by atoms with Crippen molar-refractivity contribution in [2.45, 2.75) is 62.3 Å². The van der Waals surface area contributed by atoms with Gasteiger partial charge in [0.05, 0.1) is 0 Å². The van der Waals surface area contributed by atoms with E-state index in [0.717, 1.165) is 43.0 Å². The molecule has 8 heteroatoms. The molecule has 2 saturated heterocycles. The van der Waals surface area contributed by atoms with Gasteiger partial charge < -0.3 is 15.4 Å². The third-order valence-corrected chi connectivity index (χ3v) is 7.49. The fourth-order valence-electron chi connectivity index (χ4n) is 5.10. The minimum atomic E-state index is -0.682. The Kier molecular flexibility index (Phi) is 6.67. The molecule has 1 aromatic rings. The normalized spacial score (nSPS) is 22.0. The molecule has 2 heterocycles. The van der Waals surface area contributed by atoms with Gasteiger partial charge in [-0.05, 0) is 49.8 Å². The van der Waals surface area contributed by atoms with E-state index < -0.39 is 5.54 Å². The quantitative estimate of drug-likeness (QED) is 0.573. The van der Waals surface area contributed by atoms with Crippen LogP contribution in [-0.4, -0.2) is 54.6 Å². The SMILES string of the molecule is O=C(CCCN1C(=O)NC2(CCCC2)C1=O)NCC1(c2cccc(Br)c2)CCOCC1. The summed E-state index contributed by atoms with van der Waals surface area (Å²) in [5, 5.41) is 5.98. The number of halogens is 1. The van der Waals surface area contributed by atoms with E-state index >= 15 is 0 Å². The zero-order valence-corrected chi connectivity index (χ0v) is 19.3. The van der Waals surface area contributed by atoms with Crippen LogP contribution in [0, 0.1) is 0 Å². The first-order valence-electron chi connectivity index (χ1n) is 11.2. The van der Waals surface area contributed by atoms with Crippen LogP contribution in [0.5, 0.6) is 0 Å². The van der Waals surface area contributed by atoms with Gasteiger partial charge >= 0.3 is 6.03 Å². The lowest BCUT2D eigenvalue weighted by Crippen LogP contribution is -2.45. The lowest BCUT2D eigenvalue weighted by atomic mass is 9.74. The molecule has 3 aliphatic rings. The molecule has 1 saturated carbocycles. The average molecular weight is 492 g/mol. The van der Waals surface area contributed by atoms with Gasteiger partial charge in [-0.3, -0.25) is 14.5 Å². The Morgan fingerprint density at radius 3 is 2.61 bits per heavy atom. The van der Waals surface area contributed by atoms with Crippen LogP contribution in [0.4, 0.5) is 4.79 Å². The third-order valence-electron chi connectivity index (χ3n) is 7.00. The number of benzene rings is 1. The van der Waals surface area contributed by atoms with E-state index in [2.05, 4.69) is 38.7 Å². The molecule has 0 atom stereocenters. The van der Waals surface area contributed by atoms with Crippen LogP contribution in [0.2, 0.25) is 0 Å². The maximum absolute atomic E-state index is 12.7. The largest absolute Gasteiger partial charge is 0.381 e. The van der Waals surface area contributed by atoms with Crippen LogP contribution in [-0.2, 0) is 19.7 Å². The summed E-state index contributed by atoms with van der Waals surface area (Å²) >= 11 is 3.55. The molecule has 1 aliphatic carbocycles. The van der Waals surface area contributed by atoms with Crippen LogP contribution >= 0.6 is 15.9 Å². The monoisotopic (exact) mass is 491 g/mol. The molecule has 0 aromatic heterocycles. The topological polar surface area (TPSA) is 87.7 Å². The second kappa shape index (κ2) is 9.28. The summed E-state index contributed by atoms with van der Waals surface area (Å²) in [6.45, 7) is 2.19. The number of carbonyl (C=O) groups excluding carboxylic acids is 3. The number of nitrogens with zero attached hydrogens (tertiary/aromatic N) is 1. The second-order valence-corrected chi connectivity index (χ2v) is 9.88. The fraction of sp³-hybridized carbons (Fsp3) is 0.609. The molecular formula is C23H30BrN3O4. The minimum Gasteiger partial charge on any atom is -0.381 e. The first kappa shape index (κ1) is 22.3. The van der Waals surface area contributed by atoms with E-state index in [1.54, 1.807) is 0 Å². The van der Waals surface area contributed by atoms with E-state index in [1.807, 2.05) is 12.1 Å². The zero-order valence-electron chi connectivity index (χ0n) is 17.8. The molecule has 2 aliphatic heterocycles. The standard InChI is InChI=1S/C23H30BrN3O4/c24-18-6-3-5-17(15-18)22(10-13-31-14-11-22)16-25-19(28)7-4-12-27-20(29)23(26-21(27)30)8-1-2-9-23/h3,5-6,15H,1-2,4,7-14,16H2,(H,25,28)(H,26,30). The van der Waals surface area contributed by atoms with Crippen molar-refractivity contribution in [2.75, 3.05) is 26.3 Å². The lowest BCUT2D eigenvalue weighted by molar-refractivity contribution is -0.131. The van der Waals surface area contributed by atoms with E-state index in [1.165, 1.54) is 10.5 Å². The highest BCUT2D eigenvalue weighted by Gasteiger charge is 2.52. The average Bonchev–Trinajstić information content (AvgIpc) is 3.33. The number of urea groups is 1. The Morgan fingerprint density at radius 2 is 1.90 bits per heavy atom. The smallest absolute Gasteiger partial charge is 0.325 e. The Morgan fingerprint density at radius 1 is 1.16 bits per heavy atom. The van der Waals surface area contributed by atoms with Crippen molar-refractivity contribution in [3.8, 4) is 0 Å². The number of rotatable bonds is 7. The molecule has 31 heavy (non-hydrogen) atoms. The predicted molar refractivity (Wildman–Crippen MR) is 120 cm³/mol. The molecule has 0 unspecified atom stereocenters. The summed E-state index contributed by atoms with van der Waals surface area (Å²) in [4.78, 5) is 38.8. The summed E-state index contributed by atoms with van der Waals surface area (Å²) in [5.41, 5.74) is 0.377. The molecule has 168 valence electrons. The van der Waals surface area contributed by atoms with Crippen molar-refractivity contribution in [1.82, 2.24) is 15.5 Å². The Balaban J connectivity index is 1.29. The van der Waals surface area contributed by atoms with Crippen molar-refractivity contribution < 1.29 is 19.1 Å². The first-order valence-corrected chi connectivity index (χ1v) is 12.0. The van der Waals surface area contributed by atoms with Crippen molar-refractivity contribution in [1.29, 1.82) is 0 Å². The number of ether oxygens (including phenoxy) is 1. The van der Waals surface area contributed by atoms with Gasteiger partial charge in [0.1, 0.15) is 5.54 Å². The molecule has 4 rings (SSSR count). The van der Waals surface area contributed by atoms with Crippen LogP contribution in [0.15, 0.2) is 28.7 Å². The van der Waals surface area contributed by atoms with Crippen LogP contribution in [0.3, 0.4) is 0 Å². The highest BCUT2D eigenvalue weighted by Crippen LogP contribution is 2.36. The Hall–Kier alpha value is -1.93. The highest BCUT2D eigenvalue weighted by molar-refractivity contribution is 9.10. The molecular weight excluding hydrogens is 462 g/mol. The van der Waals surface area contributed by atoms with E-state index in [4.69, 9.17) is 4.74 Å². The molecule has 4 amide bonds. The Labute approximate surface area is 191 Å². The lowest BCUT2D eigenvalue weighted by Gasteiger charge is -2.38. The summed E-state index contributed by atoms with van der Waals surface area (Å²) in [6.07, 6.45) is 5.83. The minimum absolute atomic E-state index is 0.0523. The van der Waals surface area contributed by atoms with Gasteiger partial charge in [-0.2, -0.15) is 0 Å². The van der Waals surface area contributed by atoms with Crippen molar-refractivity contribution in [2.24, 2.45) is 0 Å². The molecule has 1 spiro atoms. The zero-order chi connectivity index (χ0) is 21.9. The van der Waals surface area contributed by atoms with Gasteiger partial charge in [-0.15, -0.1) is 0 Å². The molecule has 0 radical (unpaired) electrons. The molecule has 3 fully saturated rings. The van der Waals surface area contributed by atoms with Crippen molar-refractivity contribution >= 4 is 33.8 Å². The first-order chi connectivity index (χ1) is 14.9. The second-order valence-electron chi connectivity index (χ2n) is 8.96. The molecule has 2 N–H and O–H groups in total. The van der Waals surface area contributed by atoms with E-state index in [9.17, 15) is 14.4 Å². The summed E-state index contributed by atoms with van der Waals surface area (Å²) in [5.74, 6) is -0.172. The number of hydrogen-bond donors (Lipinski definition) is 2. The molecule has 1 aromatic carbocycles. The van der Waals surface area contributed by atoms with Gasteiger partial charge in [0.2, 0.25) is 5.91 Å². The summed E-state index contributed by atoms with van der Waals surface area (Å²) < 4.78 is 6.59. The number of imide groups is 1. The van der Waals surface area contributed by atoms with E-state index in [0.29, 0.717) is 26.2 Å². The van der Waals surface area contributed by atoms with Gasteiger partial charge in [-0.1, -0.05) is 40.9 Å². The predicted octanol–water partition coefficient (Wildman–Crippen LogP) is 3.26. The van der Waals surface area contributed by atoms with Crippen LogP contribution in [0.25, 0.3) is 0 Å².